The molecule has 0 unspecified atom stereocenters. The van der Waals surface area contributed by atoms with Gasteiger partial charge in [-0.15, -0.1) is 11.3 Å². The van der Waals surface area contributed by atoms with Crippen molar-refractivity contribution in [2.75, 3.05) is 11.9 Å². The van der Waals surface area contributed by atoms with Crippen molar-refractivity contribution in [3.63, 3.8) is 0 Å². The number of ether oxygens (including phenoxy) is 1. The number of fused-ring (bicyclic) bond motifs is 1. The van der Waals surface area contributed by atoms with Crippen molar-refractivity contribution in [3.8, 4) is 0 Å². The molecular formula is C13H15N3O3S. The van der Waals surface area contributed by atoms with E-state index in [1.165, 1.54) is 11.3 Å². The van der Waals surface area contributed by atoms with Gasteiger partial charge in [0.25, 0.3) is 11.5 Å². The summed E-state index contributed by atoms with van der Waals surface area (Å²) in [5.41, 5.74) is 0.718. The highest BCUT2D eigenvalue weighted by atomic mass is 32.1. The fourth-order valence-electron chi connectivity index (χ4n) is 2.30. The van der Waals surface area contributed by atoms with E-state index in [4.69, 9.17) is 4.74 Å². The zero-order valence-electron chi connectivity index (χ0n) is 11.3. The van der Waals surface area contributed by atoms with Gasteiger partial charge in [-0.3, -0.25) is 19.9 Å². The second-order valence-corrected chi connectivity index (χ2v) is 6.07. The quantitative estimate of drug-likeness (QED) is 0.883. The molecule has 0 saturated carbocycles. The zero-order chi connectivity index (χ0) is 14.3. The number of H-pyrrole nitrogens is 1. The molecule has 0 bridgehead atoms. The molecule has 0 aromatic carbocycles. The minimum absolute atomic E-state index is 0.184. The Kier molecular flexibility index (Phi) is 3.31. The van der Waals surface area contributed by atoms with Crippen LogP contribution in [0.3, 0.4) is 0 Å². The number of carbonyl (C=O) groups excluding carboxylic acids is 1. The fourth-order valence-corrected chi connectivity index (χ4v) is 3.33. The first-order valence-electron chi connectivity index (χ1n) is 6.49. The van der Waals surface area contributed by atoms with Gasteiger partial charge in [0.15, 0.2) is 0 Å². The number of nitrogens with one attached hydrogen (secondary N) is 2. The second kappa shape index (κ2) is 4.99. The van der Waals surface area contributed by atoms with E-state index in [1.807, 2.05) is 13.8 Å². The molecular weight excluding hydrogens is 278 g/mol. The van der Waals surface area contributed by atoms with Crippen molar-refractivity contribution in [3.05, 3.63) is 20.8 Å². The molecule has 1 fully saturated rings. The maximum absolute atomic E-state index is 12.1. The number of nitrogens with zero attached hydrogens (tertiary/aromatic N) is 1. The molecule has 1 aliphatic rings. The monoisotopic (exact) mass is 293 g/mol. The molecule has 0 aliphatic carbocycles. The van der Waals surface area contributed by atoms with E-state index >= 15 is 0 Å². The molecule has 106 valence electrons. The van der Waals surface area contributed by atoms with Crippen molar-refractivity contribution in [1.82, 2.24) is 9.97 Å². The van der Waals surface area contributed by atoms with Gasteiger partial charge < -0.3 is 4.74 Å². The lowest BCUT2D eigenvalue weighted by Gasteiger charge is -2.09. The van der Waals surface area contributed by atoms with E-state index in [9.17, 15) is 9.59 Å². The summed E-state index contributed by atoms with van der Waals surface area (Å²) in [4.78, 5) is 32.6. The lowest BCUT2D eigenvalue weighted by molar-refractivity contribution is -0.124. The molecule has 0 spiro atoms. The molecule has 20 heavy (non-hydrogen) atoms. The van der Waals surface area contributed by atoms with Gasteiger partial charge in [-0.1, -0.05) is 0 Å². The Hall–Kier alpha value is -1.73. The third kappa shape index (κ3) is 2.23. The van der Waals surface area contributed by atoms with Crippen LogP contribution in [-0.4, -0.2) is 28.6 Å². The van der Waals surface area contributed by atoms with Gasteiger partial charge in [-0.25, -0.2) is 4.98 Å². The van der Waals surface area contributed by atoms with Crippen LogP contribution < -0.4 is 10.9 Å². The Balaban J connectivity index is 1.92. The molecule has 2 aromatic rings. The van der Waals surface area contributed by atoms with Crippen molar-refractivity contribution in [1.29, 1.82) is 0 Å². The van der Waals surface area contributed by atoms with Gasteiger partial charge in [0.2, 0.25) is 5.95 Å². The first-order valence-corrected chi connectivity index (χ1v) is 7.30. The predicted molar refractivity (Wildman–Crippen MR) is 77.3 cm³/mol. The first kappa shape index (κ1) is 13.3. The first-order chi connectivity index (χ1) is 9.56. The molecule has 7 heteroatoms. The van der Waals surface area contributed by atoms with Crippen LogP contribution in [0.2, 0.25) is 0 Å². The molecule has 1 aliphatic heterocycles. The molecule has 3 heterocycles. The van der Waals surface area contributed by atoms with Crippen molar-refractivity contribution in [2.45, 2.75) is 32.8 Å². The van der Waals surface area contributed by atoms with Crippen molar-refractivity contribution in [2.24, 2.45) is 0 Å². The number of amides is 1. The SMILES string of the molecule is Cc1sc2nc(NC(=O)[C@H]3CCCO3)[nH]c(=O)c2c1C. The largest absolute Gasteiger partial charge is 0.368 e. The molecule has 2 aromatic heterocycles. The smallest absolute Gasteiger partial charge is 0.261 e. The maximum Gasteiger partial charge on any atom is 0.261 e. The highest BCUT2D eigenvalue weighted by Crippen LogP contribution is 2.26. The Morgan fingerprint density at radius 1 is 1.50 bits per heavy atom. The second-order valence-electron chi connectivity index (χ2n) is 4.87. The molecule has 1 atom stereocenters. The Labute approximate surface area is 119 Å². The molecule has 6 nitrogen and oxygen atoms in total. The average molecular weight is 293 g/mol. The van der Waals surface area contributed by atoms with Crippen LogP contribution in [0.15, 0.2) is 4.79 Å². The number of hydrogen-bond acceptors (Lipinski definition) is 5. The van der Waals surface area contributed by atoms with Crippen LogP contribution in [-0.2, 0) is 9.53 Å². The number of aromatic amines is 1. The average Bonchev–Trinajstić information content (AvgIpc) is 2.99. The summed E-state index contributed by atoms with van der Waals surface area (Å²) in [7, 11) is 0. The summed E-state index contributed by atoms with van der Waals surface area (Å²) >= 11 is 1.45. The van der Waals surface area contributed by atoms with E-state index in [2.05, 4.69) is 15.3 Å². The number of carbonyl (C=O) groups is 1. The number of aryl methyl sites for hydroxylation is 2. The molecule has 1 saturated heterocycles. The van der Waals surface area contributed by atoms with E-state index in [-0.39, 0.29) is 17.4 Å². The summed E-state index contributed by atoms with van der Waals surface area (Å²) in [6.07, 6.45) is 1.14. The van der Waals surface area contributed by atoms with Crippen molar-refractivity contribution >= 4 is 33.4 Å². The van der Waals surface area contributed by atoms with Gasteiger partial charge in [0.1, 0.15) is 10.9 Å². The standard InChI is InChI=1S/C13H15N3O3S/c1-6-7(2)20-12-9(6)11(18)15-13(16-12)14-10(17)8-4-3-5-19-8/h8H,3-5H2,1-2H3,(H2,14,15,16,17,18)/t8-/m1/s1. The third-order valence-corrected chi connectivity index (χ3v) is 4.60. The van der Waals surface area contributed by atoms with Crippen LogP contribution >= 0.6 is 11.3 Å². The summed E-state index contributed by atoms with van der Waals surface area (Å²) in [5.74, 6) is -0.0701. The van der Waals surface area contributed by atoms with E-state index in [0.29, 0.717) is 23.2 Å². The van der Waals surface area contributed by atoms with Gasteiger partial charge >= 0.3 is 0 Å². The lowest BCUT2D eigenvalue weighted by atomic mass is 10.2. The number of aromatic nitrogens is 2. The zero-order valence-corrected chi connectivity index (χ0v) is 12.1. The van der Waals surface area contributed by atoms with Crippen molar-refractivity contribution < 1.29 is 9.53 Å². The van der Waals surface area contributed by atoms with Crippen LogP contribution in [0.25, 0.3) is 10.2 Å². The topological polar surface area (TPSA) is 84.1 Å². The fraction of sp³-hybridized carbons (Fsp3) is 0.462. The normalized spacial score (nSPS) is 18.6. The lowest BCUT2D eigenvalue weighted by Crippen LogP contribution is -2.28. The highest BCUT2D eigenvalue weighted by molar-refractivity contribution is 7.18. The number of anilines is 1. The van der Waals surface area contributed by atoms with Gasteiger partial charge in [0.05, 0.1) is 5.39 Å². The third-order valence-electron chi connectivity index (χ3n) is 3.50. The van der Waals surface area contributed by atoms with Crippen LogP contribution in [0.1, 0.15) is 23.3 Å². The van der Waals surface area contributed by atoms with E-state index < -0.39 is 6.10 Å². The van der Waals surface area contributed by atoms with Crippen LogP contribution in [0.4, 0.5) is 5.95 Å². The minimum Gasteiger partial charge on any atom is -0.368 e. The molecule has 2 N–H and O–H groups in total. The van der Waals surface area contributed by atoms with E-state index in [0.717, 1.165) is 16.9 Å². The molecule has 3 rings (SSSR count). The Bertz CT molecular complexity index is 728. The van der Waals surface area contributed by atoms with Crippen LogP contribution in [0.5, 0.6) is 0 Å². The Morgan fingerprint density at radius 2 is 2.30 bits per heavy atom. The summed E-state index contributed by atoms with van der Waals surface area (Å²) in [6, 6.07) is 0. The summed E-state index contributed by atoms with van der Waals surface area (Å²) in [5, 5.41) is 3.22. The number of rotatable bonds is 2. The van der Waals surface area contributed by atoms with E-state index in [1.54, 1.807) is 0 Å². The van der Waals surface area contributed by atoms with Gasteiger partial charge in [-0.05, 0) is 32.3 Å². The van der Waals surface area contributed by atoms with Gasteiger partial charge in [0, 0.05) is 11.5 Å². The number of thiophene rings is 1. The molecule has 0 radical (unpaired) electrons. The summed E-state index contributed by atoms with van der Waals surface area (Å²) in [6.45, 7) is 4.45. The summed E-state index contributed by atoms with van der Waals surface area (Å²) < 4.78 is 5.30. The van der Waals surface area contributed by atoms with Crippen LogP contribution in [0, 0.1) is 13.8 Å². The van der Waals surface area contributed by atoms with Gasteiger partial charge in [-0.2, -0.15) is 0 Å². The highest BCUT2D eigenvalue weighted by Gasteiger charge is 2.24. The minimum atomic E-state index is -0.442. The Morgan fingerprint density at radius 3 is 3.00 bits per heavy atom. The number of hydrogen-bond donors (Lipinski definition) is 2. The molecule has 1 amide bonds. The maximum atomic E-state index is 12.1. The predicted octanol–water partition coefficient (Wildman–Crippen LogP) is 1.72.